The molecule has 2 nitrogen and oxygen atoms in total. The van der Waals surface area contributed by atoms with E-state index in [2.05, 4.69) is 18.8 Å². The van der Waals surface area contributed by atoms with Gasteiger partial charge in [0.25, 0.3) is 0 Å². The maximum Gasteiger partial charge on any atom is 0.146 e. The second-order valence-electron chi connectivity index (χ2n) is 4.68. The van der Waals surface area contributed by atoms with Gasteiger partial charge >= 0.3 is 0 Å². The number of ketones is 1. The van der Waals surface area contributed by atoms with Crippen LogP contribution in [0.2, 0.25) is 0 Å². The molecule has 0 aliphatic heterocycles. The fourth-order valence-corrected chi connectivity index (χ4v) is 1.86. The van der Waals surface area contributed by atoms with E-state index < -0.39 is 0 Å². The number of rotatable bonds is 13. The average molecular weight is 239 g/mol. The Morgan fingerprint density at radius 2 is 1.65 bits per heavy atom. The SMILES string of the molecule is C=CCNCC(=O)CCCCCCCCCC. The highest BCUT2D eigenvalue weighted by Crippen LogP contribution is 2.09. The van der Waals surface area contributed by atoms with Gasteiger partial charge in [-0.15, -0.1) is 6.58 Å². The summed E-state index contributed by atoms with van der Waals surface area (Å²) in [4.78, 5) is 11.4. The van der Waals surface area contributed by atoms with Crippen molar-refractivity contribution >= 4 is 5.78 Å². The Morgan fingerprint density at radius 1 is 1.06 bits per heavy atom. The number of hydrogen-bond donors (Lipinski definition) is 1. The second-order valence-corrected chi connectivity index (χ2v) is 4.68. The van der Waals surface area contributed by atoms with Gasteiger partial charge in [-0.05, 0) is 6.42 Å². The van der Waals surface area contributed by atoms with Gasteiger partial charge in [-0.25, -0.2) is 0 Å². The van der Waals surface area contributed by atoms with Gasteiger partial charge in [0.05, 0.1) is 6.54 Å². The van der Waals surface area contributed by atoms with Gasteiger partial charge in [0.1, 0.15) is 5.78 Å². The van der Waals surface area contributed by atoms with Crippen LogP contribution in [0.4, 0.5) is 0 Å². The van der Waals surface area contributed by atoms with Crippen molar-refractivity contribution in [2.45, 2.75) is 64.7 Å². The molecule has 0 fully saturated rings. The predicted octanol–water partition coefficient (Wildman–Crippen LogP) is 3.86. The standard InChI is InChI=1S/C15H29NO/c1-3-5-6-7-8-9-10-11-12-15(17)14-16-13-4-2/h4,16H,2-3,5-14H2,1H3. The van der Waals surface area contributed by atoms with E-state index in [9.17, 15) is 4.79 Å². The van der Waals surface area contributed by atoms with E-state index in [0.29, 0.717) is 12.3 Å². The predicted molar refractivity (Wildman–Crippen MR) is 75.3 cm³/mol. The highest BCUT2D eigenvalue weighted by Gasteiger charge is 2.00. The Labute approximate surface area is 107 Å². The minimum Gasteiger partial charge on any atom is -0.307 e. The van der Waals surface area contributed by atoms with Gasteiger partial charge in [0.2, 0.25) is 0 Å². The first-order valence-electron chi connectivity index (χ1n) is 7.14. The van der Waals surface area contributed by atoms with E-state index >= 15 is 0 Å². The second kappa shape index (κ2) is 13.4. The molecule has 0 aromatic carbocycles. The molecule has 100 valence electrons. The number of unbranched alkanes of at least 4 members (excludes halogenated alkanes) is 7. The number of Topliss-reactive ketones (excluding diaryl/α,β-unsaturated/α-hetero) is 1. The first-order chi connectivity index (χ1) is 8.31. The molecule has 2 heteroatoms. The molecule has 0 atom stereocenters. The lowest BCUT2D eigenvalue weighted by Crippen LogP contribution is -2.22. The number of hydrogen-bond acceptors (Lipinski definition) is 2. The summed E-state index contributed by atoms with van der Waals surface area (Å²) in [6.07, 6.45) is 12.8. The van der Waals surface area contributed by atoms with Crippen LogP contribution in [-0.2, 0) is 4.79 Å². The summed E-state index contributed by atoms with van der Waals surface area (Å²) in [6, 6.07) is 0. The normalized spacial score (nSPS) is 10.4. The molecule has 0 bridgehead atoms. The zero-order chi connectivity index (χ0) is 12.8. The van der Waals surface area contributed by atoms with Gasteiger partial charge in [-0.2, -0.15) is 0 Å². The minimum atomic E-state index is 0.331. The zero-order valence-corrected chi connectivity index (χ0v) is 11.5. The van der Waals surface area contributed by atoms with Crippen LogP contribution in [0.1, 0.15) is 64.7 Å². The molecule has 0 saturated heterocycles. The lowest BCUT2D eigenvalue weighted by atomic mass is 10.1. The van der Waals surface area contributed by atoms with Crippen molar-refractivity contribution in [2.24, 2.45) is 0 Å². The van der Waals surface area contributed by atoms with Gasteiger partial charge in [0.15, 0.2) is 0 Å². The third-order valence-electron chi connectivity index (χ3n) is 2.92. The van der Waals surface area contributed by atoms with Crippen molar-refractivity contribution in [1.29, 1.82) is 0 Å². The summed E-state index contributed by atoms with van der Waals surface area (Å²) in [6.45, 7) is 7.07. The lowest BCUT2D eigenvalue weighted by molar-refractivity contribution is -0.118. The quantitative estimate of drug-likeness (QED) is 0.390. The van der Waals surface area contributed by atoms with Gasteiger partial charge in [0, 0.05) is 13.0 Å². The van der Waals surface area contributed by atoms with Crippen molar-refractivity contribution in [1.82, 2.24) is 5.32 Å². The Morgan fingerprint density at radius 3 is 2.24 bits per heavy atom. The average Bonchev–Trinajstić information content (AvgIpc) is 2.33. The molecule has 1 N–H and O–H groups in total. The molecule has 17 heavy (non-hydrogen) atoms. The molecule has 0 aromatic rings. The molecule has 0 aliphatic carbocycles. The molecule has 0 unspecified atom stereocenters. The fraction of sp³-hybridized carbons (Fsp3) is 0.800. The summed E-state index contributed by atoms with van der Waals surface area (Å²) in [5, 5.41) is 3.04. The molecule has 0 aromatic heterocycles. The largest absolute Gasteiger partial charge is 0.307 e. The van der Waals surface area contributed by atoms with Crippen molar-refractivity contribution < 1.29 is 4.79 Å². The monoisotopic (exact) mass is 239 g/mol. The van der Waals surface area contributed by atoms with E-state index in [0.717, 1.165) is 19.4 Å². The van der Waals surface area contributed by atoms with Crippen LogP contribution in [-0.4, -0.2) is 18.9 Å². The minimum absolute atomic E-state index is 0.331. The lowest BCUT2D eigenvalue weighted by Gasteiger charge is -2.02. The third-order valence-corrected chi connectivity index (χ3v) is 2.92. The molecule has 0 aliphatic rings. The van der Waals surface area contributed by atoms with Gasteiger partial charge in [-0.1, -0.05) is 57.9 Å². The van der Waals surface area contributed by atoms with Gasteiger partial charge < -0.3 is 5.32 Å². The Balaban J connectivity index is 3.11. The van der Waals surface area contributed by atoms with E-state index in [4.69, 9.17) is 0 Å². The molecule has 0 rings (SSSR count). The summed E-state index contributed by atoms with van der Waals surface area (Å²) >= 11 is 0. The van der Waals surface area contributed by atoms with Crippen LogP contribution < -0.4 is 5.32 Å². The van der Waals surface area contributed by atoms with Crippen molar-refractivity contribution in [3.05, 3.63) is 12.7 Å². The molecular weight excluding hydrogens is 210 g/mol. The van der Waals surface area contributed by atoms with E-state index in [1.54, 1.807) is 6.08 Å². The van der Waals surface area contributed by atoms with Crippen LogP contribution in [0, 0.1) is 0 Å². The number of carbonyl (C=O) groups excluding carboxylic acids is 1. The molecule has 0 amide bonds. The number of nitrogens with one attached hydrogen (secondary N) is 1. The number of carbonyl (C=O) groups is 1. The van der Waals surface area contributed by atoms with Crippen LogP contribution in [0.15, 0.2) is 12.7 Å². The highest BCUT2D eigenvalue weighted by atomic mass is 16.1. The molecular formula is C15H29NO. The summed E-state index contributed by atoms with van der Waals surface area (Å²) in [7, 11) is 0. The zero-order valence-electron chi connectivity index (χ0n) is 11.5. The van der Waals surface area contributed by atoms with Gasteiger partial charge in [-0.3, -0.25) is 4.79 Å². The third kappa shape index (κ3) is 13.3. The summed E-state index contributed by atoms with van der Waals surface area (Å²) < 4.78 is 0. The molecule has 0 radical (unpaired) electrons. The first kappa shape index (κ1) is 16.4. The maximum atomic E-state index is 11.4. The maximum absolute atomic E-state index is 11.4. The fourth-order valence-electron chi connectivity index (χ4n) is 1.86. The van der Waals surface area contributed by atoms with Crippen molar-refractivity contribution in [3.63, 3.8) is 0 Å². The van der Waals surface area contributed by atoms with Crippen molar-refractivity contribution in [2.75, 3.05) is 13.1 Å². The molecule has 0 spiro atoms. The topological polar surface area (TPSA) is 29.1 Å². The Bertz CT molecular complexity index is 189. The van der Waals surface area contributed by atoms with Crippen LogP contribution >= 0.6 is 0 Å². The summed E-state index contributed by atoms with van der Waals surface area (Å²) in [5.41, 5.74) is 0. The Kier molecular flexibility index (Phi) is 12.9. The van der Waals surface area contributed by atoms with Crippen molar-refractivity contribution in [3.8, 4) is 0 Å². The highest BCUT2D eigenvalue weighted by molar-refractivity contribution is 5.80. The van der Waals surface area contributed by atoms with Crippen LogP contribution in [0.25, 0.3) is 0 Å². The van der Waals surface area contributed by atoms with E-state index in [-0.39, 0.29) is 0 Å². The van der Waals surface area contributed by atoms with Crippen LogP contribution in [0.5, 0.6) is 0 Å². The van der Waals surface area contributed by atoms with Crippen LogP contribution in [0.3, 0.4) is 0 Å². The first-order valence-corrected chi connectivity index (χ1v) is 7.14. The summed E-state index contributed by atoms with van der Waals surface area (Å²) in [5.74, 6) is 0.331. The Hall–Kier alpha value is -0.630. The van der Waals surface area contributed by atoms with E-state index in [1.807, 2.05) is 0 Å². The molecule has 0 saturated carbocycles. The van der Waals surface area contributed by atoms with E-state index in [1.165, 1.54) is 44.9 Å². The smallest absolute Gasteiger partial charge is 0.146 e. The molecule has 0 heterocycles.